The fourth-order valence-corrected chi connectivity index (χ4v) is 2.14. The van der Waals surface area contributed by atoms with Crippen molar-refractivity contribution in [2.45, 2.75) is 79.6 Å². The van der Waals surface area contributed by atoms with Crippen LogP contribution < -0.4 is 5.32 Å². The van der Waals surface area contributed by atoms with Gasteiger partial charge in [0.1, 0.15) is 0 Å². The number of guanidine groups is 1. The van der Waals surface area contributed by atoms with Crippen molar-refractivity contribution < 1.29 is 0 Å². The Kier molecular flexibility index (Phi) is 19.8. The molecule has 0 aliphatic rings. The number of nitrogens with zero attached hydrogens (tertiary/aromatic N) is 5. The fraction of sp³-hybridized carbons (Fsp3) is 0.895. The molecular weight excluding hydrogens is 312 g/mol. The second-order valence-corrected chi connectivity index (χ2v) is 6.79. The smallest absolute Gasteiger partial charge is 0.193 e. The highest BCUT2D eigenvalue weighted by Gasteiger charge is 2.15. The fourth-order valence-electron chi connectivity index (χ4n) is 2.14. The maximum absolute atomic E-state index is 4.18. The summed E-state index contributed by atoms with van der Waals surface area (Å²) in [6.45, 7) is 17.5. The maximum Gasteiger partial charge on any atom is 0.193 e. The Morgan fingerprint density at radius 1 is 0.760 bits per heavy atom. The van der Waals surface area contributed by atoms with Crippen LogP contribution >= 0.6 is 0 Å². The second-order valence-electron chi connectivity index (χ2n) is 6.79. The van der Waals surface area contributed by atoms with E-state index in [1.807, 2.05) is 14.1 Å². The summed E-state index contributed by atoms with van der Waals surface area (Å²) < 4.78 is 0. The van der Waals surface area contributed by atoms with E-state index >= 15 is 0 Å². The molecule has 0 bridgehead atoms. The van der Waals surface area contributed by atoms with Crippen LogP contribution in [0.15, 0.2) is 15.0 Å². The standard InChI is InChI=1S/C9H21N3.C7H17N.C3H6N2/c1-7(2)12(8(3)4)9(10-5)11-6;1-6(2)8(5)7(3)4;1-4-3-5-2/h7-8H,1-6H3,(H,10,11);6-7H,1-5H3;1-2H3. The molecule has 0 aromatic rings. The molecule has 1 N–H and O–H groups in total. The Hall–Kier alpha value is -1.39. The van der Waals surface area contributed by atoms with Crippen LogP contribution in [-0.4, -0.2) is 81.2 Å². The van der Waals surface area contributed by atoms with Crippen LogP contribution in [0, 0.1) is 0 Å². The molecule has 0 amide bonds. The number of hydrogen-bond donors (Lipinski definition) is 1. The van der Waals surface area contributed by atoms with Gasteiger partial charge < -0.3 is 15.1 Å². The Balaban J connectivity index is -0.000000321. The lowest BCUT2D eigenvalue weighted by Crippen LogP contribution is -2.47. The van der Waals surface area contributed by atoms with Crippen LogP contribution in [0.4, 0.5) is 0 Å². The molecule has 6 nitrogen and oxygen atoms in total. The quantitative estimate of drug-likeness (QED) is 0.620. The summed E-state index contributed by atoms with van der Waals surface area (Å²) in [7, 11) is 9.12. The molecule has 0 aliphatic carbocycles. The van der Waals surface area contributed by atoms with Crippen molar-refractivity contribution in [1.82, 2.24) is 15.1 Å². The van der Waals surface area contributed by atoms with Gasteiger partial charge in [0.25, 0.3) is 0 Å². The van der Waals surface area contributed by atoms with Crippen molar-refractivity contribution in [2.75, 3.05) is 35.2 Å². The van der Waals surface area contributed by atoms with Gasteiger partial charge in [0.05, 0.1) is 6.01 Å². The van der Waals surface area contributed by atoms with Gasteiger partial charge >= 0.3 is 0 Å². The predicted molar refractivity (Wildman–Crippen MR) is 114 cm³/mol. The van der Waals surface area contributed by atoms with E-state index < -0.39 is 0 Å². The first-order valence-corrected chi connectivity index (χ1v) is 9.08. The predicted octanol–water partition coefficient (Wildman–Crippen LogP) is 3.47. The van der Waals surface area contributed by atoms with Gasteiger partial charge in [-0.2, -0.15) is 0 Å². The molecule has 0 heterocycles. The molecule has 0 aliphatic heterocycles. The first kappa shape index (κ1) is 28.4. The number of aliphatic imine (C=N–C) groups is 3. The molecule has 0 unspecified atom stereocenters. The van der Waals surface area contributed by atoms with E-state index in [1.165, 1.54) is 0 Å². The van der Waals surface area contributed by atoms with Gasteiger partial charge in [-0.25, -0.2) is 9.98 Å². The molecule has 0 atom stereocenters. The molecule has 25 heavy (non-hydrogen) atoms. The van der Waals surface area contributed by atoms with Gasteiger partial charge in [0.2, 0.25) is 0 Å². The van der Waals surface area contributed by atoms with Crippen molar-refractivity contribution >= 4 is 12.0 Å². The number of nitrogens with one attached hydrogen (secondary N) is 1. The average molecular weight is 357 g/mol. The van der Waals surface area contributed by atoms with E-state index in [0.29, 0.717) is 24.2 Å². The molecule has 150 valence electrons. The van der Waals surface area contributed by atoms with E-state index in [4.69, 9.17) is 0 Å². The van der Waals surface area contributed by atoms with Crippen LogP contribution in [0.5, 0.6) is 0 Å². The van der Waals surface area contributed by atoms with E-state index in [-0.39, 0.29) is 0 Å². The third-order valence-electron chi connectivity index (χ3n) is 3.62. The van der Waals surface area contributed by atoms with Gasteiger partial charge in [0.15, 0.2) is 5.96 Å². The normalized spacial score (nSPS) is 10.9. The monoisotopic (exact) mass is 356 g/mol. The summed E-state index contributed by atoms with van der Waals surface area (Å²) >= 11 is 0. The van der Waals surface area contributed by atoms with Crippen LogP contribution in [0.25, 0.3) is 0 Å². The summed E-state index contributed by atoms with van der Waals surface area (Å²) in [6.07, 6.45) is 0. The van der Waals surface area contributed by atoms with Gasteiger partial charge in [-0.05, 0) is 62.4 Å². The molecule has 0 rings (SSSR count). The maximum atomic E-state index is 4.18. The number of hydrogen-bond acceptors (Lipinski definition) is 4. The minimum absolute atomic E-state index is 0.483. The largest absolute Gasteiger partial charge is 0.359 e. The lowest BCUT2D eigenvalue weighted by Gasteiger charge is -2.33. The Morgan fingerprint density at radius 2 is 1.12 bits per heavy atom. The molecule has 0 fully saturated rings. The van der Waals surface area contributed by atoms with E-state index in [1.54, 1.807) is 14.1 Å². The van der Waals surface area contributed by atoms with Crippen molar-refractivity contribution in [3.63, 3.8) is 0 Å². The van der Waals surface area contributed by atoms with E-state index in [0.717, 1.165) is 5.96 Å². The minimum Gasteiger partial charge on any atom is -0.359 e. The summed E-state index contributed by atoms with van der Waals surface area (Å²) in [4.78, 5) is 15.6. The molecule has 0 aromatic heterocycles. The van der Waals surface area contributed by atoms with Crippen molar-refractivity contribution in [1.29, 1.82) is 0 Å². The van der Waals surface area contributed by atoms with Crippen LogP contribution in [0.1, 0.15) is 55.4 Å². The topological polar surface area (TPSA) is 55.6 Å². The lowest BCUT2D eigenvalue weighted by atomic mass is 10.2. The summed E-state index contributed by atoms with van der Waals surface area (Å²) in [6, 6.07) is 4.68. The molecule has 0 spiro atoms. The molecule has 0 aromatic carbocycles. The second kappa shape index (κ2) is 17.4. The van der Waals surface area contributed by atoms with Crippen molar-refractivity contribution in [3.05, 3.63) is 0 Å². The Bertz CT molecular complexity index is 357. The average Bonchev–Trinajstić information content (AvgIpc) is 2.52. The molecular formula is C19H44N6. The van der Waals surface area contributed by atoms with Crippen LogP contribution in [0.2, 0.25) is 0 Å². The SMILES string of the molecule is CC(C)N(C)C(C)C.CN=C(NC)N(C(C)C)C(C)C.CN=C=NC. The Labute approximate surface area is 157 Å². The highest BCUT2D eigenvalue weighted by atomic mass is 15.3. The highest BCUT2D eigenvalue weighted by Crippen LogP contribution is 2.04. The highest BCUT2D eigenvalue weighted by molar-refractivity contribution is 5.80. The van der Waals surface area contributed by atoms with Crippen LogP contribution in [0.3, 0.4) is 0 Å². The van der Waals surface area contributed by atoms with E-state index in [9.17, 15) is 0 Å². The minimum atomic E-state index is 0.483. The van der Waals surface area contributed by atoms with E-state index in [2.05, 4.69) is 98.5 Å². The zero-order chi connectivity index (χ0) is 20.6. The molecule has 0 saturated heterocycles. The van der Waals surface area contributed by atoms with Crippen LogP contribution in [-0.2, 0) is 0 Å². The third-order valence-corrected chi connectivity index (χ3v) is 3.62. The molecule has 0 saturated carbocycles. The molecule has 0 radical (unpaired) electrons. The van der Waals surface area contributed by atoms with Crippen molar-refractivity contribution in [3.8, 4) is 0 Å². The first-order chi connectivity index (χ1) is 11.5. The third kappa shape index (κ3) is 15.9. The first-order valence-electron chi connectivity index (χ1n) is 9.08. The van der Waals surface area contributed by atoms with Crippen molar-refractivity contribution in [2.24, 2.45) is 15.0 Å². The number of rotatable bonds is 4. The van der Waals surface area contributed by atoms with Gasteiger partial charge in [0, 0.05) is 52.4 Å². The lowest BCUT2D eigenvalue weighted by molar-refractivity contribution is 0.222. The Morgan fingerprint density at radius 3 is 1.16 bits per heavy atom. The molecule has 6 heteroatoms. The summed E-state index contributed by atoms with van der Waals surface area (Å²) in [5.41, 5.74) is 0. The summed E-state index contributed by atoms with van der Waals surface area (Å²) in [5, 5.41) is 3.09. The van der Waals surface area contributed by atoms with Gasteiger partial charge in [-0.1, -0.05) is 0 Å². The zero-order valence-electron chi connectivity index (χ0n) is 19.0. The van der Waals surface area contributed by atoms with Gasteiger partial charge in [-0.15, -0.1) is 0 Å². The summed E-state index contributed by atoms with van der Waals surface area (Å²) in [5.74, 6) is 0.958. The zero-order valence-corrected chi connectivity index (χ0v) is 19.0. The van der Waals surface area contributed by atoms with Gasteiger partial charge in [-0.3, -0.25) is 4.99 Å².